The third-order valence-corrected chi connectivity index (χ3v) is 12.2. The molecule has 1 spiro atoms. The molecule has 4 atom stereocenters. The van der Waals surface area contributed by atoms with Gasteiger partial charge in [-0.15, -0.1) is 0 Å². The van der Waals surface area contributed by atoms with E-state index in [2.05, 4.69) is 151 Å². The Bertz CT molecular complexity index is 2320. The summed E-state index contributed by atoms with van der Waals surface area (Å²) in [6.45, 7) is 2.43. The third kappa shape index (κ3) is 3.92. The van der Waals surface area contributed by atoms with E-state index >= 15 is 0 Å². The quantitative estimate of drug-likeness (QED) is 0.190. The van der Waals surface area contributed by atoms with Crippen molar-refractivity contribution in [1.82, 2.24) is 0 Å². The fourth-order valence-corrected chi connectivity index (χ4v) is 10.3. The number of hydrogen-bond donors (Lipinski definition) is 0. The lowest BCUT2D eigenvalue weighted by molar-refractivity contribution is 0.144. The Morgan fingerprint density at radius 1 is 0.625 bits per heavy atom. The first kappa shape index (κ1) is 28.0. The standard InChI is InChI=1S/C46H39NO/c1-2-33-27-30-19-22-34(28-30)46(33)40-15-8-6-13-37(40)39-29-36(25-26-41(39)46)47(35-23-20-32(21-24-35)31-11-4-3-5-12-31)42-16-10-18-44-45(42)38-14-7-9-17-43(38)48-44/h3-18,20-21,23-26,29-30,33-34H,2,19,22,27-28H2,1H3/t30-,33+,34-,46+/m1/s1. The maximum absolute atomic E-state index is 6.41. The van der Waals surface area contributed by atoms with Crippen molar-refractivity contribution < 1.29 is 4.42 Å². The molecular formula is C46H39NO. The van der Waals surface area contributed by atoms with Gasteiger partial charge in [-0.25, -0.2) is 0 Å². The molecule has 6 aromatic carbocycles. The summed E-state index contributed by atoms with van der Waals surface area (Å²) in [7, 11) is 0. The van der Waals surface area contributed by atoms with Gasteiger partial charge in [0.25, 0.3) is 0 Å². The Kier molecular flexibility index (Phi) is 6.25. The second-order valence-corrected chi connectivity index (χ2v) is 14.4. The molecule has 0 N–H and O–H groups in total. The fourth-order valence-electron chi connectivity index (χ4n) is 10.3. The van der Waals surface area contributed by atoms with Gasteiger partial charge in [-0.3, -0.25) is 0 Å². The second kappa shape index (κ2) is 10.7. The molecule has 3 aliphatic rings. The van der Waals surface area contributed by atoms with E-state index in [9.17, 15) is 0 Å². The highest BCUT2D eigenvalue weighted by molar-refractivity contribution is 6.13. The molecule has 7 aromatic rings. The zero-order chi connectivity index (χ0) is 31.8. The molecular weight excluding hydrogens is 583 g/mol. The van der Waals surface area contributed by atoms with Crippen molar-refractivity contribution in [3.05, 3.63) is 151 Å². The first-order valence-corrected chi connectivity index (χ1v) is 17.8. The van der Waals surface area contributed by atoms with E-state index in [1.54, 1.807) is 11.1 Å². The maximum Gasteiger partial charge on any atom is 0.137 e. The largest absolute Gasteiger partial charge is 0.456 e. The van der Waals surface area contributed by atoms with Gasteiger partial charge >= 0.3 is 0 Å². The maximum atomic E-state index is 6.41. The van der Waals surface area contributed by atoms with Crippen molar-refractivity contribution in [3.63, 3.8) is 0 Å². The van der Waals surface area contributed by atoms with E-state index < -0.39 is 0 Å². The van der Waals surface area contributed by atoms with Gasteiger partial charge in [-0.2, -0.15) is 0 Å². The molecule has 2 saturated carbocycles. The Morgan fingerprint density at radius 3 is 2.23 bits per heavy atom. The normalized spacial score (nSPS) is 22.3. The zero-order valence-corrected chi connectivity index (χ0v) is 27.4. The Morgan fingerprint density at radius 2 is 1.35 bits per heavy atom. The summed E-state index contributed by atoms with van der Waals surface area (Å²) in [5.74, 6) is 2.31. The lowest BCUT2D eigenvalue weighted by Crippen LogP contribution is -2.44. The van der Waals surface area contributed by atoms with Gasteiger partial charge in [-0.05, 0) is 113 Å². The number of fused-ring (bicyclic) bond motifs is 11. The van der Waals surface area contributed by atoms with Crippen LogP contribution in [0.3, 0.4) is 0 Å². The predicted molar refractivity (Wildman–Crippen MR) is 199 cm³/mol. The summed E-state index contributed by atoms with van der Waals surface area (Å²) in [6, 6.07) is 51.5. The van der Waals surface area contributed by atoms with Crippen LogP contribution in [0.25, 0.3) is 44.2 Å². The molecule has 2 bridgehead atoms. The van der Waals surface area contributed by atoms with Crippen LogP contribution in [0.4, 0.5) is 17.1 Å². The number of hydrogen-bond acceptors (Lipinski definition) is 2. The lowest BCUT2D eigenvalue weighted by Gasteiger charge is -2.48. The van der Waals surface area contributed by atoms with E-state index in [-0.39, 0.29) is 5.41 Å². The minimum atomic E-state index is 0.120. The molecule has 1 heterocycles. The molecule has 0 amide bonds. The number of benzene rings is 6. The lowest BCUT2D eigenvalue weighted by atomic mass is 9.55. The van der Waals surface area contributed by atoms with Crippen molar-refractivity contribution in [2.75, 3.05) is 4.90 Å². The van der Waals surface area contributed by atoms with Gasteiger partial charge in [0.05, 0.1) is 11.1 Å². The van der Waals surface area contributed by atoms with Crippen molar-refractivity contribution in [2.45, 2.75) is 44.4 Å². The van der Waals surface area contributed by atoms with Crippen LogP contribution in [0.1, 0.15) is 50.2 Å². The molecule has 10 rings (SSSR count). The average Bonchev–Trinajstić information content (AvgIpc) is 3.82. The van der Waals surface area contributed by atoms with Crippen molar-refractivity contribution in [2.24, 2.45) is 17.8 Å². The van der Waals surface area contributed by atoms with Crippen LogP contribution in [-0.2, 0) is 5.41 Å². The molecule has 2 fully saturated rings. The smallest absolute Gasteiger partial charge is 0.137 e. The van der Waals surface area contributed by atoms with Crippen LogP contribution < -0.4 is 4.90 Å². The number of rotatable bonds is 5. The van der Waals surface area contributed by atoms with Gasteiger partial charge in [0.2, 0.25) is 0 Å². The fraction of sp³-hybridized carbons (Fsp3) is 0.217. The van der Waals surface area contributed by atoms with Crippen molar-refractivity contribution in [3.8, 4) is 22.3 Å². The molecule has 0 radical (unpaired) electrons. The number of para-hydroxylation sites is 1. The number of anilines is 3. The van der Waals surface area contributed by atoms with Crippen molar-refractivity contribution in [1.29, 1.82) is 0 Å². The molecule has 2 heteroatoms. The molecule has 2 nitrogen and oxygen atoms in total. The van der Waals surface area contributed by atoms with Crippen molar-refractivity contribution >= 4 is 39.0 Å². The molecule has 0 aliphatic heterocycles. The molecule has 48 heavy (non-hydrogen) atoms. The molecule has 234 valence electrons. The van der Waals surface area contributed by atoms with E-state index in [1.807, 2.05) is 0 Å². The van der Waals surface area contributed by atoms with E-state index in [0.717, 1.165) is 45.1 Å². The predicted octanol–water partition coefficient (Wildman–Crippen LogP) is 12.8. The summed E-state index contributed by atoms with van der Waals surface area (Å²) in [4.78, 5) is 2.46. The minimum Gasteiger partial charge on any atom is -0.456 e. The Hall–Kier alpha value is -5.08. The van der Waals surface area contributed by atoms with Crippen LogP contribution in [0.15, 0.2) is 144 Å². The van der Waals surface area contributed by atoms with Gasteiger partial charge in [0.15, 0.2) is 0 Å². The summed E-state index contributed by atoms with van der Waals surface area (Å²) in [5.41, 5.74) is 13.8. The SMILES string of the molecule is CC[C@H]1C[C@H]2CC[C@H](C2)[C@]12c1ccccc1-c1cc(N(c3ccc(-c4ccccc4)cc3)c3cccc4oc5ccccc5c34)ccc12. The Balaban J connectivity index is 1.20. The van der Waals surface area contributed by atoms with Crippen LogP contribution in [0.2, 0.25) is 0 Å². The second-order valence-electron chi connectivity index (χ2n) is 14.4. The first-order valence-electron chi connectivity index (χ1n) is 17.8. The molecule has 0 unspecified atom stereocenters. The van der Waals surface area contributed by atoms with E-state index in [1.165, 1.54) is 60.0 Å². The minimum absolute atomic E-state index is 0.120. The summed E-state index contributed by atoms with van der Waals surface area (Å²) >= 11 is 0. The van der Waals surface area contributed by atoms with Gasteiger partial charge in [0.1, 0.15) is 11.2 Å². The van der Waals surface area contributed by atoms with E-state index in [4.69, 9.17) is 4.42 Å². The van der Waals surface area contributed by atoms with Crippen LogP contribution >= 0.6 is 0 Å². The average molecular weight is 622 g/mol. The van der Waals surface area contributed by atoms with E-state index in [0.29, 0.717) is 5.92 Å². The zero-order valence-electron chi connectivity index (χ0n) is 27.4. The van der Waals surface area contributed by atoms with Crippen LogP contribution in [-0.4, -0.2) is 0 Å². The monoisotopic (exact) mass is 621 g/mol. The molecule has 1 aromatic heterocycles. The molecule has 3 aliphatic carbocycles. The highest BCUT2D eigenvalue weighted by atomic mass is 16.3. The first-order chi connectivity index (χ1) is 23.7. The summed E-state index contributed by atoms with van der Waals surface area (Å²) in [6.07, 6.45) is 6.72. The van der Waals surface area contributed by atoms with Crippen LogP contribution in [0.5, 0.6) is 0 Å². The van der Waals surface area contributed by atoms with Crippen LogP contribution in [0, 0.1) is 17.8 Å². The number of nitrogens with zero attached hydrogens (tertiary/aromatic N) is 1. The highest BCUT2D eigenvalue weighted by Gasteiger charge is 2.57. The molecule has 0 saturated heterocycles. The third-order valence-electron chi connectivity index (χ3n) is 12.2. The summed E-state index contributed by atoms with van der Waals surface area (Å²) in [5, 5.41) is 2.29. The Labute approximate surface area is 282 Å². The highest BCUT2D eigenvalue weighted by Crippen LogP contribution is 2.66. The van der Waals surface area contributed by atoms with Gasteiger partial charge in [-0.1, -0.05) is 117 Å². The topological polar surface area (TPSA) is 16.4 Å². The number of furan rings is 1. The van der Waals surface area contributed by atoms with Gasteiger partial charge in [0, 0.05) is 22.2 Å². The van der Waals surface area contributed by atoms with Gasteiger partial charge < -0.3 is 9.32 Å². The summed E-state index contributed by atoms with van der Waals surface area (Å²) < 4.78 is 6.41.